The van der Waals surface area contributed by atoms with Gasteiger partial charge in [0.1, 0.15) is 5.69 Å². The second kappa shape index (κ2) is 8.08. The Morgan fingerprint density at radius 3 is 2.63 bits per heavy atom. The molecule has 5 nitrogen and oxygen atoms in total. The molecule has 140 valence electrons. The summed E-state index contributed by atoms with van der Waals surface area (Å²) in [6.07, 6.45) is 0. The molecule has 0 unspecified atom stereocenters. The average Bonchev–Trinajstić information content (AvgIpc) is 2.68. The summed E-state index contributed by atoms with van der Waals surface area (Å²) < 4.78 is 0. The van der Waals surface area contributed by atoms with Gasteiger partial charge in [0, 0.05) is 41.8 Å². The minimum Gasteiger partial charge on any atom is -0.370 e. The maximum absolute atomic E-state index is 12.6. The molecule has 1 heterocycles. The van der Waals surface area contributed by atoms with Gasteiger partial charge in [-0.1, -0.05) is 24.3 Å². The number of pyridine rings is 1. The third kappa shape index (κ3) is 4.03. The Morgan fingerprint density at radius 2 is 1.89 bits per heavy atom. The molecule has 5 heteroatoms. The molecule has 0 aliphatic carbocycles. The van der Waals surface area contributed by atoms with Crippen molar-refractivity contribution in [2.75, 3.05) is 24.5 Å². The predicted molar refractivity (Wildman–Crippen MR) is 111 cm³/mol. The Balaban J connectivity index is 1.71. The quantitative estimate of drug-likeness (QED) is 0.705. The first kappa shape index (κ1) is 18.7. The van der Waals surface area contributed by atoms with Crippen LogP contribution in [0.5, 0.6) is 0 Å². The second-order valence-corrected chi connectivity index (χ2v) is 6.67. The van der Waals surface area contributed by atoms with Crippen LogP contribution < -0.4 is 15.6 Å². The Hall–Kier alpha value is -3.08. The molecule has 2 N–H and O–H groups in total. The van der Waals surface area contributed by atoms with E-state index in [2.05, 4.69) is 47.2 Å². The molecular formula is C22H25N3O2. The summed E-state index contributed by atoms with van der Waals surface area (Å²) in [4.78, 5) is 30.4. The van der Waals surface area contributed by atoms with Gasteiger partial charge in [-0.05, 0) is 50.6 Å². The molecule has 0 saturated carbocycles. The number of para-hydroxylation sites is 1. The van der Waals surface area contributed by atoms with Gasteiger partial charge < -0.3 is 15.2 Å². The van der Waals surface area contributed by atoms with Crippen molar-refractivity contribution >= 4 is 22.5 Å². The minimum absolute atomic E-state index is 0.107. The van der Waals surface area contributed by atoms with Crippen LogP contribution in [0.4, 0.5) is 5.69 Å². The van der Waals surface area contributed by atoms with E-state index in [-0.39, 0.29) is 11.3 Å². The first-order valence-corrected chi connectivity index (χ1v) is 9.22. The van der Waals surface area contributed by atoms with Crippen molar-refractivity contribution in [3.05, 3.63) is 75.6 Å². The summed E-state index contributed by atoms with van der Waals surface area (Å²) in [6.45, 7) is 7.89. The third-order valence-electron chi connectivity index (χ3n) is 4.79. The van der Waals surface area contributed by atoms with Gasteiger partial charge in [-0.2, -0.15) is 0 Å². The molecule has 0 atom stereocenters. The maximum Gasteiger partial charge on any atom is 0.268 e. The number of anilines is 1. The zero-order valence-electron chi connectivity index (χ0n) is 16.0. The van der Waals surface area contributed by atoms with Crippen molar-refractivity contribution in [2.24, 2.45) is 0 Å². The fourth-order valence-corrected chi connectivity index (χ4v) is 3.25. The molecule has 2 aromatic carbocycles. The number of nitrogens with zero attached hydrogens (tertiary/aromatic N) is 1. The van der Waals surface area contributed by atoms with Crippen LogP contribution in [0.1, 0.15) is 28.5 Å². The Bertz CT molecular complexity index is 1020. The highest BCUT2D eigenvalue weighted by molar-refractivity contribution is 5.96. The Labute approximate surface area is 159 Å². The van der Waals surface area contributed by atoms with E-state index >= 15 is 0 Å². The fraction of sp³-hybridized carbons (Fsp3) is 0.273. The number of amides is 1. The number of aromatic nitrogens is 1. The zero-order valence-corrected chi connectivity index (χ0v) is 16.0. The largest absolute Gasteiger partial charge is 0.370 e. The van der Waals surface area contributed by atoms with E-state index in [0.717, 1.165) is 12.2 Å². The number of aromatic amines is 1. The summed E-state index contributed by atoms with van der Waals surface area (Å²) in [5, 5.41) is 3.53. The molecule has 3 aromatic rings. The van der Waals surface area contributed by atoms with Crippen molar-refractivity contribution < 1.29 is 4.79 Å². The van der Waals surface area contributed by atoms with Crippen LogP contribution in [0.3, 0.4) is 0 Å². The van der Waals surface area contributed by atoms with E-state index in [1.165, 1.54) is 5.56 Å². The van der Waals surface area contributed by atoms with Crippen LogP contribution in [-0.4, -0.2) is 30.5 Å². The number of hydrogen-bond donors (Lipinski definition) is 2. The number of aryl methyl sites for hydroxylation is 1. The maximum atomic E-state index is 12.6. The second-order valence-electron chi connectivity index (χ2n) is 6.67. The Morgan fingerprint density at radius 1 is 1.11 bits per heavy atom. The number of likely N-dealkylation sites (N-methyl/N-ethyl adjacent to an activating group) is 1. The van der Waals surface area contributed by atoms with E-state index in [4.69, 9.17) is 0 Å². The highest BCUT2D eigenvalue weighted by Crippen LogP contribution is 2.15. The van der Waals surface area contributed by atoms with E-state index in [1.807, 2.05) is 24.3 Å². The molecule has 0 spiro atoms. The number of carbonyl (C=O) groups excluding carboxylic acids is 1. The van der Waals surface area contributed by atoms with Crippen LogP contribution >= 0.6 is 0 Å². The lowest BCUT2D eigenvalue weighted by molar-refractivity contribution is 0.0949. The lowest BCUT2D eigenvalue weighted by atomic mass is 10.1. The van der Waals surface area contributed by atoms with Gasteiger partial charge in [-0.15, -0.1) is 0 Å². The first-order valence-electron chi connectivity index (χ1n) is 9.22. The molecule has 0 aliphatic rings. The summed E-state index contributed by atoms with van der Waals surface area (Å²) in [7, 11) is 0. The molecule has 0 aliphatic heterocycles. The summed E-state index contributed by atoms with van der Waals surface area (Å²) in [5.74, 6) is -0.254. The van der Waals surface area contributed by atoms with Gasteiger partial charge in [0.25, 0.3) is 5.91 Å². The van der Waals surface area contributed by atoms with Crippen LogP contribution in [0.25, 0.3) is 10.9 Å². The van der Waals surface area contributed by atoms with E-state index in [9.17, 15) is 9.59 Å². The molecule has 0 fully saturated rings. The number of carbonyl (C=O) groups is 1. The lowest BCUT2D eigenvalue weighted by Crippen LogP contribution is -2.36. The van der Waals surface area contributed by atoms with Crippen molar-refractivity contribution in [1.29, 1.82) is 0 Å². The highest BCUT2D eigenvalue weighted by Gasteiger charge is 2.15. The summed E-state index contributed by atoms with van der Waals surface area (Å²) in [6, 6.07) is 15.6. The molecule has 27 heavy (non-hydrogen) atoms. The summed E-state index contributed by atoms with van der Waals surface area (Å²) >= 11 is 0. The van der Waals surface area contributed by atoms with Gasteiger partial charge in [0.05, 0.1) is 0 Å². The molecule has 1 amide bonds. The number of fused-ring (bicyclic) bond motifs is 1. The zero-order chi connectivity index (χ0) is 19.4. The number of rotatable bonds is 6. The number of nitrogens with one attached hydrogen (secondary N) is 2. The predicted octanol–water partition coefficient (Wildman–Crippen LogP) is 3.40. The lowest BCUT2D eigenvalue weighted by Gasteiger charge is -2.23. The topological polar surface area (TPSA) is 65.2 Å². The standard InChI is InChI=1S/C22H25N3O2/c1-4-25(17-9-7-8-15(2)14-17)13-12-23-22(27)20-16(3)21(26)18-10-5-6-11-19(18)24-20/h5-11,14H,4,12-13H2,1-3H3,(H,23,27)(H,24,26). The van der Waals surface area contributed by atoms with E-state index in [1.54, 1.807) is 13.0 Å². The van der Waals surface area contributed by atoms with Gasteiger partial charge in [-0.25, -0.2) is 0 Å². The monoisotopic (exact) mass is 363 g/mol. The fourth-order valence-electron chi connectivity index (χ4n) is 3.25. The number of benzene rings is 2. The Kier molecular flexibility index (Phi) is 5.60. The van der Waals surface area contributed by atoms with Crippen LogP contribution in [0, 0.1) is 13.8 Å². The number of hydrogen-bond acceptors (Lipinski definition) is 3. The van der Waals surface area contributed by atoms with Crippen LogP contribution in [0.15, 0.2) is 53.3 Å². The van der Waals surface area contributed by atoms with E-state index in [0.29, 0.717) is 35.2 Å². The molecule has 0 saturated heterocycles. The minimum atomic E-state index is -0.254. The van der Waals surface area contributed by atoms with Crippen molar-refractivity contribution in [3.8, 4) is 0 Å². The molecule has 1 aromatic heterocycles. The highest BCUT2D eigenvalue weighted by atomic mass is 16.2. The number of H-pyrrole nitrogens is 1. The van der Waals surface area contributed by atoms with Gasteiger partial charge in [-0.3, -0.25) is 9.59 Å². The van der Waals surface area contributed by atoms with Gasteiger partial charge in [0.15, 0.2) is 5.43 Å². The van der Waals surface area contributed by atoms with Crippen molar-refractivity contribution in [3.63, 3.8) is 0 Å². The smallest absolute Gasteiger partial charge is 0.268 e. The van der Waals surface area contributed by atoms with Crippen LogP contribution in [-0.2, 0) is 0 Å². The average molecular weight is 363 g/mol. The molecule has 3 rings (SSSR count). The normalized spacial score (nSPS) is 10.8. The summed E-state index contributed by atoms with van der Waals surface area (Å²) in [5.41, 5.74) is 3.69. The molecule has 0 bridgehead atoms. The van der Waals surface area contributed by atoms with Gasteiger partial charge >= 0.3 is 0 Å². The van der Waals surface area contributed by atoms with Crippen LogP contribution in [0.2, 0.25) is 0 Å². The SMILES string of the molecule is CCN(CCNC(=O)c1[nH]c2ccccc2c(=O)c1C)c1cccc(C)c1. The first-order chi connectivity index (χ1) is 13.0. The third-order valence-corrected chi connectivity index (χ3v) is 4.79. The van der Waals surface area contributed by atoms with Crippen molar-refractivity contribution in [1.82, 2.24) is 10.3 Å². The van der Waals surface area contributed by atoms with E-state index < -0.39 is 0 Å². The van der Waals surface area contributed by atoms with Gasteiger partial charge in [0.2, 0.25) is 0 Å². The molecular weight excluding hydrogens is 338 g/mol. The van der Waals surface area contributed by atoms with Crippen molar-refractivity contribution in [2.45, 2.75) is 20.8 Å². The molecule has 0 radical (unpaired) electrons.